The highest BCUT2D eigenvalue weighted by atomic mass is 35.5. The Morgan fingerprint density at radius 2 is 2.21 bits per heavy atom. The van der Waals surface area contributed by atoms with Crippen molar-refractivity contribution in [3.8, 4) is 16.5 Å². The first-order valence-corrected chi connectivity index (χ1v) is 8.27. The average Bonchev–Trinajstić information content (AvgIpc) is 3.17. The van der Waals surface area contributed by atoms with E-state index in [2.05, 4.69) is 15.0 Å². The standard InChI is InChI=1S/C16H13ClF2N2O2S/c1-9-12(21-15(22-9)14-3-2-6-24-14)8-20-10-4-5-13(11(17)7-10)23-16(18)19/h2-7,16,20H,8H2,1H3. The molecule has 0 saturated carbocycles. The summed E-state index contributed by atoms with van der Waals surface area (Å²) >= 11 is 7.48. The molecule has 126 valence electrons. The summed E-state index contributed by atoms with van der Waals surface area (Å²) in [5, 5.41) is 5.20. The van der Waals surface area contributed by atoms with Crippen molar-refractivity contribution < 1.29 is 17.9 Å². The highest BCUT2D eigenvalue weighted by Gasteiger charge is 2.13. The van der Waals surface area contributed by atoms with Crippen LogP contribution in [0.3, 0.4) is 0 Å². The van der Waals surface area contributed by atoms with Crippen molar-refractivity contribution in [3.05, 3.63) is 52.2 Å². The topological polar surface area (TPSA) is 47.3 Å². The maximum Gasteiger partial charge on any atom is 0.387 e. The molecular formula is C16H13ClF2N2O2S. The van der Waals surface area contributed by atoms with Gasteiger partial charge in [0.25, 0.3) is 0 Å². The van der Waals surface area contributed by atoms with E-state index < -0.39 is 6.61 Å². The Hall–Kier alpha value is -2.12. The van der Waals surface area contributed by atoms with Crippen LogP contribution in [0, 0.1) is 6.92 Å². The molecule has 8 heteroatoms. The number of rotatable bonds is 6. The zero-order valence-corrected chi connectivity index (χ0v) is 14.1. The lowest BCUT2D eigenvalue weighted by Gasteiger charge is -2.09. The predicted octanol–water partition coefficient (Wildman–Crippen LogP) is 5.58. The van der Waals surface area contributed by atoms with Crippen molar-refractivity contribution in [1.29, 1.82) is 0 Å². The number of alkyl halides is 2. The zero-order chi connectivity index (χ0) is 17.1. The first-order valence-electron chi connectivity index (χ1n) is 7.01. The Morgan fingerprint density at radius 1 is 1.38 bits per heavy atom. The quantitative estimate of drug-likeness (QED) is 0.615. The second-order valence-electron chi connectivity index (χ2n) is 4.88. The van der Waals surface area contributed by atoms with Gasteiger partial charge in [0.15, 0.2) is 0 Å². The van der Waals surface area contributed by atoms with Gasteiger partial charge in [0.1, 0.15) is 17.2 Å². The number of nitrogens with zero attached hydrogens (tertiary/aromatic N) is 1. The maximum absolute atomic E-state index is 12.2. The van der Waals surface area contributed by atoms with E-state index >= 15 is 0 Å². The fraction of sp³-hybridized carbons (Fsp3) is 0.188. The molecule has 0 fully saturated rings. The van der Waals surface area contributed by atoms with E-state index in [4.69, 9.17) is 16.0 Å². The van der Waals surface area contributed by atoms with E-state index in [1.54, 1.807) is 17.4 Å². The van der Waals surface area contributed by atoms with Crippen LogP contribution in [0.25, 0.3) is 10.8 Å². The molecule has 0 spiro atoms. The minimum absolute atomic E-state index is 0.0604. The van der Waals surface area contributed by atoms with Crippen LogP contribution in [0.2, 0.25) is 5.02 Å². The lowest BCUT2D eigenvalue weighted by atomic mass is 10.3. The van der Waals surface area contributed by atoms with E-state index in [1.165, 1.54) is 12.1 Å². The zero-order valence-electron chi connectivity index (χ0n) is 12.6. The number of aromatic nitrogens is 1. The first-order chi connectivity index (χ1) is 11.5. The third-order valence-corrected chi connectivity index (χ3v) is 4.39. The fourth-order valence-electron chi connectivity index (χ4n) is 2.09. The number of thiophene rings is 1. The van der Waals surface area contributed by atoms with Gasteiger partial charge in [-0.1, -0.05) is 17.7 Å². The van der Waals surface area contributed by atoms with Gasteiger partial charge < -0.3 is 14.5 Å². The fourth-order valence-corrected chi connectivity index (χ4v) is 2.96. The van der Waals surface area contributed by atoms with E-state index in [0.717, 1.165) is 16.3 Å². The molecule has 0 radical (unpaired) electrons. The van der Waals surface area contributed by atoms with Crippen molar-refractivity contribution in [2.24, 2.45) is 0 Å². The summed E-state index contributed by atoms with van der Waals surface area (Å²) < 4.78 is 34.4. The summed E-state index contributed by atoms with van der Waals surface area (Å²) in [5.74, 6) is 1.24. The van der Waals surface area contributed by atoms with Gasteiger partial charge in [0.2, 0.25) is 5.89 Å². The van der Waals surface area contributed by atoms with E-state index in [0.29, 0.717) is 18.1 Å². The second kappa shape index (κ2) is 7.19. The van der Waals surface area contributed by atoms with Gasteiger partial charge in [-0.25, -0.2) is 4.98 Å². The van der Waals surface area contributed by atoms with Gasteiger partial charge in [-0.05, 0) is 36.6 Å². The van der Waals surface area contributed by atoms with Gasteiger partial charge in [-0.15, -0.1) is 11.3 Å². The van der Waals surface area contributed by atoms with Gasteiger partial charge in [-0.2, -0.15) is 8.78 Å². The predicted molar refractivity (Wildman–Crippen MR) is 90.0 cm³/mol. The monoisotopic (exact) mass is 370 g/mol. The molecule has 0 bridgehead atoms. The Morgan fingerprint density at radius 3 is 2.88 bits per heavy atom. The van der Waals surface area contributed by atoms with Gasteiger partial charge in [0, 0.05) is 5.69 Å². The van der Waals surface area contributed by atoms with Crippen LogP contribution < -0.4 is 10.1 Å². The summed E-state index contributed by atoms with van der Waals surface area (Å²) in [6.45, 7) is -0.644. The van der Waals surface area contributed by atoms with E-state index in [-0.39, 0.29) is 10.8 Å². The number of benzene rings is 1. The van der Waals surface area contributed by atoms with Gasteiger partial charge >= 0.3 is 6.61 Å². The van der Waals surface area contributed by atoms with Gasteiger partial charge in [-0.3, -0.25) is 0 Å². The van der Waals surface area contributed by atoms with Crippen LogP contribution in [0.15, 0.2) is 40.1 Å². The molecule has 0 aliphatic rings. The van der Waals surface area contributed by atoms with Crippen molar-refractivity contribution >= 4 is 28.6 Å². The number of nitrogens with one attached hydrogen (secondary N) is 1. The minimum Gasteiger partial charge on any atom is -0.440 e. The summed E-state index contributed by atoms with van der Waals surface area (Å²) in [6.07, 6.45) is 0. The number of ether oxygens (including phenoxy) is 1. The molecule has 0 aliphatic carbocycles. The van der Waals surface area contributed by atoms with Crippen LogP contribution in [-0.2, 0) is 6.54 Å². The van der Waals surface area contributed by atoms with Crippen molar-refractivity contribution in [1.82, 2.24) is 4.98 Å². The van der Waals surface area contributed by atoms with E-state index in [1.807, 2.05) is 24.4 Å². The highest BCUT2D eigenvalue weighted by Crippen LogP contribution is 2.30. The lowest BCUT2D eigenvalue weighted by Crippen LogP contribution is -2.04. The molecule has 3 rings (SSSR count). The molecular weight excluding hydrogens is 358 g/mol. The molecule has 0 atom stereocenters. The number of aryl methyl sites for hydroxylation is 1. The number of hydrogen-bond acceptors (Lipinski definition) is 5. The molecule has 0 saturated heterocycles. The second-order valence-corrected chi connectivity index (χ2v) is 6.23. The molecule has 1 N–H and O–H groups in total. The smallest absolute Gasteiger partial charge is 0.387 e. The lowest BCUT2D eigenvalue weighted by molar-refractivity contribution is -0.0497. The molecule has 3 aromatic rings. The summed E-state index contributed by atoms with van der Waals surface area (Å²) in [7, 11) is 0. The third kappa shape index (κ3) is 3.85. The van der Waals surface area contributed by atoms with Gasteiger partial charge in [0.05, 0.1) is 16.4 Å². The number of hydrogen-bond donors (Lipinski definition) is 1. The highest BCUT2D eigenvalue weighted by molar-refractivity contribution is 7.13. The van der Waals surface area contributed by atoms with E-state index in [9.17, 15) is 8.78 Å². The first kappa shape index (κ1) is 16.7. The van der Waals surface area contributed by atoms with Crippen molar-refractivity contribution in [2.75, 3.05) is 5.32 Å². The molecule has 1 aromatic carbocycles. The molecule has 0 amide bonds. The summed E-state index contributed by atoms with van der Waals surface area (Å²) in [6, 6.07) is 8.40. The normalized spacial score (nSPS) is 11.0. The molecule has 0 unspecified atom stereocenters. The third-order valence-electron chi connectivity index (χ3n) is 3.23. The van der Waals surface area contributed by atoms with Crippen LogP contribution in [0.1, 0.15) is 11.5 Å². The average molecular weight is 371 g/mol. The minimum atomic E-state index is -2.91. The summed E-state index contributed by atoms with van der Waals surface area (Å²) in [5.41, 5.74) is 1.43. The van der Waals surface area contributed by atoms with Crippen LogP contribution >= 0.6 is 22.9 Å². The molecule has 4 nitrogen and oxygen atoms in total. The number of halogens is 3. The molecule has 2 aromatic heterocycles. The molecule has 0 aliphatic heterocycles. The van der Waals surface area contributed by atoms with Crippen molar-refractivity contribution in [2.45, 2.75) is 20.1 Å². The van der Waals surface area contributed by atoms with Crippen LogP contribution in [0.5, 0.6) is 5.75 Å². The SMILES string of the molecule is Cc1oc(-c2cccs2)nc1CNc1ccc(OC(F)F)c(Cl)c1. The number of anilines is 1. The molecule has 2 heterocycles. The largest absolute Gasteiger partial charge is 0.440 e. The Bertz CT molecular complexity index is 822. The maximum atomic E-state index is 12.2. The number of oxazole rings is 1. The Balaban J connectivity index is 1.69. The molecule has 24 heavy (non-hydrogen) atoms. The summed E-state index contributed by atoms with van der Waals surface area (Å²) in [4.78, 5) is 5.43. The Kier molecular flexibility index (Phi) is 5.01. The van der Waals surface area contributed by atoms with Crippen LogP contribution in [0.4, 0.5) is 14.5 Å². The van der Waals surface area contributed by atoms with Crippen LogP contribution in [-0.4, -0.2) is 11.6 Å². The van der Waals surface area contributed by atoms with Crippen molar-refractivity contribution in [3.63, 3.8) is 0 Å². The Labute approximate surface area is 146 Å².